The molecule has 160 valence electrons. The lowest BCUT2D eigenvalue weighted by Gasteiger charge is -2.36. The molecule has 2 heterocycles. The van der Waals surface area contributed by atoms with Gasteiger partial charge in [0, 0.05) is 46.3 Å². The van der Waals surface area contributed by atoms with Crippen LogP contribution in [0.15, 0.2) is 29.3 Å². The highest BCUT2D eigenvalue weighted by Gasteiger charge is 2.24. The van der Waals surface area contributed by atoms with Crippen LogP contribution < -0.4 is 10.1 Å². The summed E-state index contributed by atoms with van der Waals surface area (Å²) in [6, 6.07) is 7.49. The molecular formula is C21H32ClN5O2. The Kier molecular flexibility index (Phi) is 8.00. The predicted octanol–water partition coefficient (Wildman–Crippen LogP) is 1.92. The Hall–Kier alpha value is -1.99. The van der Waals surface area contributed by atoms with E-state index >= 15 is 0 Å². The molecule has 2 saturated heterocycles. The average Bonchev–Trinajstić information content (AvgIpc) is 3.26. The zero-order valence-corrected chi connectivity index (χ0v) is 18.2. The van der Waals surface area contributed by atoms with Gasteiger partial charge in [-0.15, -0.1) is 0 Å². The molecule has 1 aromatic carbocycles. The van der Waals surface area contributed by atoms with E-state index in [2.05, 4.69) is 20.1 Å². The third-order valence-electron chi connectivity index (χ3n) is 5.41. The van der Waals surface area contributed by atoms with Gasteiger partial charge in [0.1, 0.15) is 11.9 Å². The van der Waals surface area contributed by atoms with Gasteiger partial charge >= 0.3 is 0 Å². The molecule has 0 saturated carbocycles. The predicted molar refractivity (Wildman–Crippen MR) is 117 cm³/mol. The molecule has 1 N–H and O–H groups in total. The van der Waals surface area contributed by atoms with Gasteiger partial charge in [-0.2, -0.15) is 0 Å². The monoisotopic (exact) mass is 421 g/mol. The number of ether oxygens (including phenoxy) is 1. The second kappa shape index (κ2) is 10.7. The number of likely N-dealkylation sites (tertiary alicyclic amines) is 1. The topological polar surface area (TPSA) is 60.4 Å². The molecule has 0 radical (unpaired) electrons. The van der Waals surface area contributed by atoms with Crippen molar-refractivity contribution in [3.8, 4) is 5.75 Å². The van der Waals surface area contributed by atoms with E-state index in [0.717, 1.165) is 58.1 Å². The molecule has 0 aromatic heterocycles. The van der Waals surface area contributed by atoms with Gasteiger partial charge in [-0.05, 0) is 31.9 Å². The van der Waals surface area contributed by atoms with E-state index in [1.165, 1.54) is 0 Å². The number of benzene rings is 1. The minimum atomic E-state index is -0.0500. The quantitative estimate of drug-likeness (QED) is 0.561. The average molecular weight is 422 g/mol. The number of para-hydroxylation sites is 1. The Bertz CT molecular complexity index is 700. The van der Waals surface area contributed by atoms with Crippen molar-refractivity contribution in [2.45, 2.75) is 25.9 Å². The van der Waals surface area contributed by atoms with Crippen molar-refractivity contribution in [1.29, 1.82) is 0 Å². The van der Waals surface area contributed by atoms with E-state index in [1.54, 1.807) is 7.05 Å². The van der Waals surface area contributed by atoms with Gasteiger partial charge in [-0.3, -0.25) is 14.7 Å². The van der Waals surface area contributed by atoms with Crippen molar-refractivity contribution in [2.75, 3.05) is 59.4 Å². The number of hydrogen-bond acceptors (Lipinski definition) is 4. The number of amides is 1. The molecule has 7 nitrogen and oxygen atoms in total. The second-order valence-electron chi connectivity index (χ2n) is 7.64. The molecule has 29 heavy (non-hydrogen) atoms. The fourth-order valence-electron chi connectivity index (χ4n) is 3.74. The van der Waals surface area contributed by atoms with Crippen LogP contribution in [0, 0.1) is 0 Å². The van der Waals surface area contributed by atoms with E-state index in [9.17, 15) is 4.79 Å². The summed E-state index contributed by atoms with van der Waals surface area (Å²) >= 11 is 6.16. The van der Waals surface area contributed by atoms with E-state index in [-0.39, 0.29) is 12.0 Å². The number of guanidine groups is 1. The van der Waals surface area contributed by atoms with Crippen LogP contribution >= 0.6 is 11.6 Å². The van der Waals surface area contributed by atoms with Crippen LogP contribution in [0.4, 0.5) is 0 Å². The fourth-order valence-corrected chi connectivity index (χ4v) is 3.92. The molecule has 1 unspecified atom stereocenters. The SMILES string of the molecule is CN=C(NCC(C)Oc1ccccc1Cl)N1CCN(CC(=O)N2CCCC2)CC1. The number of piperazine rings is 1. The van der Waals surface area contributed by atoms with Crippen molar-refractivity contribution in [3.05, 3.63) is 29.3 Å². The zero-order valence-electron chi connectivity index (χ0n) is 17.4. The molecule has 1 amide bonds. The molecule has 0 bridgehead atoms. The molecule has 0 spiro atoms. The van der Waals surface area contributed by atoms with Crippen LogP contribution in [0.1, 0.15) is 19.8 Å². The lowest BCUT2D eigenvalue weighted by Crippen LogP contribution is -2.54. The van der Waals surface area contributed by atoms with Crippen LogP contribution in [0.2, 0.25) is 5.02 Å². The van der Waals surface area contributed by atoms with Crippen LogP contribution in [0.5, 0.6) is 5.75 Å². The number of carbonyl (C=O) groups is 1. The molecule has 1 atom stereocenters. The lowest BCUT2D eigenvalue weighted by molar-refractivity contribution is -0.131. The minimum Gasteiger partial charge on any atom is -0.487 e. The van der Waals surface area contributed by atoms with Gasteiger partial charge in [0.25, 0.3) is 0 Å². The number of hydrogen-bond donors (Lipinski definition) is 1. The highest BCUT2D eigenvalue weighted by molar-refractivity contribution is 6.32. The van der Waals surface area contributed by atoms with Gasteiger partial charge in [0.05, 0.1) is 18.1 Å². The van der Waals surface area contributed by atoms with Gasteiger partial charge in [0.15, 0.2) is 5.96 Å². The third-order valence-corrected chi connectivity index (χ3v) is 5.73. The van der Waals surface area contributed by atoms with E-state index in [1.807, 2.05) is 36.1 Å². The standard InChI is InChI=1S/C21H32ClN5O2/c1-17(29-19-8-4-3-7-18(19)22)15-24-21(23-2)27-13-11-25(12-14-27)16-20(28)26-9-5-6-10-26/h3-4,7-8,17H,5-6,9-16H2,1-2H3,(H,23,24). The van der Waals surface area contributed by atoms with Crippen molar-refractivity contribution >= 4 is 23.5 Å². The molecule has 2 aliphatic rings. The summed E-state index contributed by atoms with van der Waals surface area (Å²) in [4.78, 5) is 23.2. The molecule has 2 fully saturated rings. The van der Waals surface area contributed by atoms with Crippen LogP contribution in [-0.4, -0.2) is 92.1 Å². The summed E-state index contributed by atoms with van der Waals surface area (Å²) in [5.74, 6) is 1.82. The molecular weight excluding hydrogens is 390 g/mol. The normalized spacial score (nSPS) is 19.3. The summed E-state index contributed by atoms with van der Waals surface area (Å²) < 4.78 is 5.92. The maximum atomic E-state index is 12.3. The van der Waals surface area contributed by atoms with Gasteiger partial charge in [-0.25, -0.2) is 0 Å². The number of rotatable bonds is 6. The molecule has 1 aromatic rings. The third kappa shape index (κ3) is 6.24. The first kappa shape index (κ1) is 21.7. The first-order chi connectivity index (χ1) is 14.1. The number of nitrogens with zero attached hydrogens (tertiary/aromatic N) is 4. The Morgan fingerprint density at radius 2 is 1.83 bits per heavy atom. The van der Waals surface area contributed by atoms with Crippen molar-refractivity contribution < 1.29 is 9.53 Å². The van der Waals surface area contributed by atoms with Gasteiger partial charge in [0.2, 0.25) is 5.91 Å². The first-order valence-electron chi connectivity index (χ1n) is 10.4. The number of nitrogens with one attached hydrogen (secondary N) is 1. The molecule has 3 rings (SSSR count). The number of carbonyl (C=O) groups excluding carboxylic acids is 1. The number of aliphatic imine (C=N–C) groups is 1. The smallest absolute Gasteiger partial charge is 0.236 e. The highest BCUT2D eigenvalue weighted by Crippen LogP contribution is 2.24. The Morgan fingerprint density at radius 1 is 1.14 bits per heavy atom. The summed E-state index contributed by atoms with van der Waals surface area (Å²) in [6.07, 6.45) is 2.23. The summed E-state index contributed by atoms with van der Waals surface area (Å²) in [6.45, 7) is 8.45. The summed E-state index contributed by atoms with van der Waals surface area (Å²) in [7, 11) is 1.80. The minimum absolute atomic E-state index is 0.0500. The van der Waals surface area contributed by atoms with E-state index in [0.29, 0.717) is 23.9 Å². The zero-order chi connectivity index (χ0) is 20.6. The van der Waals surface area contributed by atoms with E-state index in [4.69, 9.17) is 16.3 Å². The maximum Gasteiger partial charge on any atom is 0.236 e. The Labute approximate surface area is 178 Å². The number of halogens is 1. The molecule has 8 heteroatoms. The second-order valence-corrected chi connectivity index (χ2v) is 8.05. The summed E-state index contributed by atoms with van der Waals surface area (Å²) in [5, 5.41) is 4.01. The molecule has 0 aliphatic carbocycles. The van der Waals surface area contributed by atoms with Crippen molar-refractivity contribution in [1.82, 2.24) is 20.0 Å². The van der Waals surface area contributed by atoms with Crippen LogP contribution in [0.3, 0.4) is 0 Å². The molecule has 2 aliphatic heterocycles. The largest absolute Gasteiger partial charge is 0.487 e. The summed E-state index contributed by atoms with van der Waals surface area (Å²) in [5.41, 5.74) is 0. The highest BCUT2D eigenvalue weighted by atomic mass is 35.5. The van der Waals surface area contributed by atoms with Gasteiger partial charge in [-0.1, -0.05) is 23.7 Å². The van der Waals surface area contributed by atoms with Crippen molar-refractivity contribution in [2.24, 2.45) is 4.99 Å². The van der Waals surface area contributed by atoms with Gasteiger partial charge < -0.3 is 19.9 Å². The first-order valence-corrected chi connectivity index (χ1v) is 10.8. The van der Waals surface area contributed by atoms with Crippen LogP contribution in [-0.2, 0) is 4.79 Å². The Balaban J connectivity index is 1.40. The van der Waals surface area contributed by atoms with E-state index < -0.39 is 0 Å². The lowest BCUT2D eigenvalue weighted by atomic mass is 10.3. The maximum absolute atomic E-state index is 12.3. The van der Waals surface area contributed by atoms with Crippen molar-refractivity contribution in [3.63, 3.8) is 0 Å². The fraction of sp³-hybridized carbons (Fsp3) is 0.619. The Morgan fingerprint density at radius 3 is 2.48 bits per heavy atom. The van der Waals surface area contributed by atoms with Crippen LogP contribution in [0.25, 0.3) is 0 Å².